The number of unbranched alkanes of at least 4 members (excludes halogenated alkanes) is 1. The van der Waals surface area contributed by atoms with E-state index in [1.165, 1.54) is 6.42 Å². The molecule has 0 radical (unpaired) electrons. The molecule has 0 aliphatic carbocycles. The Morgan fingerprint density at radius 3 is 2.53 bits per heavy atom. The first-order chi connectivity index (χ1) is 9.17. The highest BCUT2D eigenvalue weighted by Crippen LogP contribution is 2.18. The molecule has 1 unspecified atom stereocenters. The molecule has 2 N–H and O–H groups in total. The van der Waals surface area contributed by atoms with E-state index in [-0.39, 0.29) is 0 Å². The van der Waals surface area contributed by atoms with Gasteiger partial charge in [0.15, 0.2) is 0 Å². The molecule has 0 aliphatic heterocycles. The van der Waals surface area contributed by atoms with Crippen LogP contribution in [-0.2, 0) is 10.3 Å². The quantitative estimate of drug-likeness (QED) is 0.639. The SMILES string of the molecule is CCCCOCCCNCC(C)(O)c1ccccc1. The third kappa shape index (κ3) is 6.71. The largest absolute Gasteiger partial charge is 0.384 e. The molecule has 0 fully saturated rings. The summed E-state index contributed by atoms with van der Waals surface area (Å²) < 4.78 is 5.49. The molecular formula is C16H27NO2. The van der Waals surface area contributed by atoms with Gasteiger partial charge in [0.05, 0.1) is 5.60 Å². The first kappa shape index (κ1) is 16.2. The van der Waals surface area contributed by atoms with Gasteiger partial charge in [-0.15, -0.1) is 0 Å². The summed E-state index contributed by atoms with van der Waals surface area (Å²) in [5.41, 5.74) is 0.131. The minimum absolute atomic E-state index is 0.561. The molecule has 0 spiro atoms. The third-order valence-electron chi connectivity index (χ3n) is 3.15. The zero-order valence-corrected chi connectivity index (χ0v) is 12.2. The van der Waals surface area contributed by atoms with Crippen molar-refractivity contribution in [2.75, 3.05) is 26.3 Å². The van der Waals surface area contributed by atoms with Gasteiger partial charge in [-0.3, -0.25) is 0 Å². The van der Waals surface area contributed by atoms with Crippen molar-refractivity contribution in [3.05, 3.63) is 35.9 Å². The lowest BCUT2D eigenvalue weighted by Gasteiger charge is -2.24. The molecule has 0 bridgehead atoms. The average Bonchev–Trinajstić information content (AvgIpc) is 2.43. The van der Waals surface area contributed by atoms with Crippen LogP contribution in [0.2, 0.25) is 0 Å². The lowest BCUT2D eigenvalue weighted by molar-refractivity contribution is 0.0558. The zero-order valence-electron chi connectivity index (χ0n) is 12.2. The first-order valence-electron chi connectivity index (χ1n) is 7.23. The molecule has 0 amide bonds. The fourth-order valence-electron chi connectivity index (χ4n) is 1.88. The van der Waals surface area contributed by atoms with E-state index in [1.54, 1.807) is 0 Å². The van der Waals surface area contributed by atoms with Crippen molar-refractivity contribution < 1.29 is 9.84 Å². The lowest BCUT2D eigenvalue weighted by Crippen LogP contribution is -2.36. The molecule has 1 atom stereocenters. The van der Waals surface area contributed by atoms with E-state index >= 15 is 0 Å². The van der Waals surface area contributed by atoms with E-state index in [0.717, 1.165) is 38.2 Å². The smallest absolute Gasteiger partial charge is 0.0992 e. The molecule has 108 valence electrons. The van der Waals surface area contributed by atoms with E-state index in [1.807, 2.05) is 37.3 Å². The number of nitrogens with one attached hydrogen (secondary N) is 1. The van der Waals surface area contributed by atoms with Gasteiger partial charge < -0.3 is 15.2 Å². The molecule has 0 saturated carbocycles. The van der Waals surface area contributed by atoms with Crippen LogP contribution in [0, 0.1) is 0 Å². The van der Waals surface area contributed by atoms with Crippen LogP contribution in [0.15, 0.2) is 30.3 Å². The molecule has 0 aromatic heterocycles. The highest BCUT2D eigenvalue weighted by Gasteiger charge is 2.21. The summed E-state index contributed by atoms with van der Waals surface area (Å²) in [6, 6.07) is 9.77. The lowest BCUT2D eigenvalue weighted by atomic mass is 9.96. The number of aliphatic hydroxyl groups is 1. The Bertz CT molecular complexity index is 325. The summed E-state index contributed by atoms with van der Waals surface area (Å²) in [5.74, 6) is 0. The fraction of sp³-hybridized carbons (Fsp3) is 0.625. The van der Waals surface area contributed by atoms with E-state index in [9.17, 15) is 5.11 Å². The van der Waals surface area contributed by atoms with Crippen LogP contribution in [0.1, 0.15) is 38.7 Å². The number of hydrogen-bond donors (Lipinski definition) is 2. The summed E-state index contributed by atoms with van der Waals surface area (Å²) in [4.78, 5) is 0. The van der Waals surface area contributed by atoms with Gasteiger partial charge in [-0.2, -0.15) is 0 Å². The molecule has 3 heteroatoms. The monoisotopic (exact) mass is 265 g/mol. The Morgan fingerprint density at radius 2 is 1.84 bits per heavy atom. The van der Waals surface area contributed by atoms with Crippen LogP contribution in [0.3, 0.4) is 0 Å². The second-order valence-corrected chi connectivity index (χ2v) is 5.14. The van der Waals surface area contributed by atoms with Gasteiger partial charge in [-0.05, 0) is 31.9 Å². The van der Waals surface area contributed by atoms with Crippen LogP contribution in [0.4, 0.5) is 0 Å². The second-order valence-electron chi connectivity index (χ2n) is 5.14. The zero-order chi connectivity index (χ0) is 14.0. The number of rotatable bonds is 10. The van der Waals surface area contributed by atoms with Crippen molar-refractivity contribution >= 4 is 0 Å². The van der Waals surface area contributed by atoms with Crippen LogP contribution in [0.25, 0.3) is 0 Å². The van der Waals surface area contributed by atoms with Crippen molar-refractivity contribution in [2.45, 2.75) is 38.7 Å². The van der Waals surface area contributed by atoms with E-state index in [4.69, 9.17) is 4.74 Å². The standard InChI is InChI=1S/C16H27NO2/c1-3-4-12-19-13-8-11-17-14-16(2,18)15-9-6-5-7-10-15/h5-7,9-10,17-18H,3-4,8,11-14H2,1-2H3. The van der Waals surface area contributed by atoms with Crippen LogP contribution >= 0.6 is 0 Å². The summed E-state index contributed by atoms with van der Waals surface area (Å²) in [6.45, 7) is 7.09. The molecule has 1 rings (SSSR count). The van der Waals surface area contributed by atoms with Gasteiger partial charge in [-0.25, -0.2) is 0 Å². The van der Waals surface area contributed by atoms with Crippen molar-refractivity contribution in [1.82, 2.24) is 5.32 Å². The fourth-order valence-corrected chi connectivity index (χ4v) is 1.88. The first-order valence-corrected chi connectivity index (χ1v) is 7.23. The number of hydrogen-bond acceptors (Lipinski definition) is 3. The van der Waals surface area contributed by atoms with Gasteiger partial charge in [0, 0.05) is 19.8 Å². The Balaban J connectivity index is 2.12. The van der Waals surface area contributed by atoms with Crippen LogP contribution in [0.5, 0.6) is 0 Å². The summed E-state index contributed by atoms with van der Waals surface area (Å²) in [6.07, 6.45) is 3.29. The van der Waals surface area contributed by atoms with E-state index in [0.29, 0.717) is 6.54 Å². The molecule has 0 saturated heterocycles. The van der Waals surface area contributed by atoms with Crippen molar-refractivity contribution in [2.24, 2.45) is 0 Å². The minimum atomic E-state index is -0.815. The van der Waals surface area contributed by atoms with Crippen LogP contribution in [-0.4, -0.2) is 31.4 Å². The third-order valence-corrected chi connectivity index (χ3v) is 3.15. The highest BCUT2D eigenvalue weighted by atomic mass is 16.5. The second kappa shape index (κ2) is 9.08. The average molecular weight is 265 g/mol. The van der Waals surface area contributed by atoms with Crippen LogP contribution < -0.4 is 5.32 Å². The Morgan fingerprint density at radius 1 is 1.16 bits per heavy atom. The predicted molar refractivity (Wildman–Crippen MR) is 79.2 cm³/mol. The Hall–Kier alpha value is -0.900. The highest BCUT2D eigenvalue weighted by molar-refractivity contribution is 5.21. The Labute approximate surface area is 117 Å². The molecule has 19 heavy (non-hydrogen) atoms. The van der Waals surface area contributed by atoms with E-state index in [2.05, 4.69) is 12.2 Å². The number of benzene rings is 1. The summed E-state index contributed by atoms with van der Waals surface area (Å²) >= 11 is 0. The molecule has 0 heterocycles. The molecule has 1 aromatic carbocycles. The van der Waals surface area contributed by atoms with Gasteiger partial charge in [-0.1, -0.05) is 43.7 Å². The normalized spacial score (nSPS) is 14.3. The maximum Gasteiger partial charge on any atom is 0.0992 e. The predicted octanol–water partition coefficient (Wildman–Crippen LogP) is 2.69. The summed E-state index contributed by atoms with van der Waals surface area (Å²) in [5, 5.41) is 13.6. The molecular weight excluding hydrogens is 238 g/mol. The van der Waals surface area contributed by atoms with Gasteiger partial charge in [0.25, 0.3) is 0 Å². The van der Waals surface area contributed by atoms with Crippen molar-refractivity contribution in [3.63, 3.8) is 0 Å². The molecule has 3 nitrogen and oxygen atoms in total. The minimum Gasteiger partial charge on any atom is -0.384 e. The maximum atomic E-state index is 10.4. The maximum absolute atomic E-state index is 10.4. The molecule has 1 aromatic rings. The van der Waals surface area contributed by atoms with Crippen molar-refractivity contribution in [1.29, 1.82) is 0 Å². The molecule has 0 aliphatic rings. The van der Waals surface area contributed by atoms with Gasteiger partial charge >= 0.3 is 0 Å². The number of ether oxygens (including phenoxy) is 1. The van der Waals surface area contributed by atoms with Gasteiger partial charge in [0.2, 0.25) is 0 Å². The summed E-state index contributed by atoms with van der Waals surface area (Å²) in [7, 11) is 0. The van der Waals surface area contributed by atoms with Crippen molar-refractivity contribution in [3.8, 4) is 0 Å². The Kier molecular flexibility index (Phi) is 7.72. The topological polar surface area (TPSA) is 41.5 Å². The van der Waals surface area contributed by atoms with Gasteiger partial charge in [0.1, 0.15) is 0 Å². The van der Waals surface area contributed by atoms with E-state index < -0.39 is 5.60 Å².